The van der Waals surface area contributed by atoms with Gasteiger partial charge in [-0.1, -0.05) is 0 Å². The lowest BCUT2D eigenvalue weighted by atomic mass is 9.96. The van der Waals surface area contributed by atoms with E-state index in [0.717, 1.165) is 51.9 Å². The van der Waals surface area contributed by atoms with Crippen LogP contribution in [0.1, 0.15) is 25.7 Å². The zero-order valence-corrected chi connectivity index (χ0v) is 11.1. The van der Waals surface area contributed by atoms with Crippen molar-refractivity contribution in [3.63, 3.8) is 0 Å². The average molecular weight is 255 g/mol. The minimum absolute atomic E-state index is 0.181. The summed E-state index contributed by atoms with van der Waals surface area (Å²) < 4.78 is 5.50. The lowest BCUT2D eigenvalue weighted by Gasteiger charge is -2.31. The number of carbonyl (C=O) groups is 1. The molecule has 104 valence electrons. The molecule has 2 aliphatic rings. The van der Waals surface area contributed by atoms with Crippen LogP contribution in [-0.2, 0) is 9.53 Å². The number of hydrogen-bond acceptors (Lipinski definition) is 4. The summed E-state index contributed by atoms with van der Waals surface area (Å²) >= 11 is 0. The van der Waals surface area contributed by atoms with Crippen LogP contribution in [0.25, 0.3) is 0 Å². The van der Waals surface area contributed by atoms with Gasteiger partial charge >= 0.3 is 0 Å². The van der Waals surface area contributed by atoms with Crippen LogP contribution in [0.4, 0.5) is 0 Å². The van der Waals surface area contributed by atoms with E-state index in [4.69, 9.17) is 10.5 Å². The highest BCUT2D eigenvalue weighted by Crippen LogP contribution is 2.17. The number of hydrogen-bond donors (Lipinski definition) is 2. The standard InChI is InChI=1S/C13H25N3O2/c14-5-8-16-6-3-11(4-7-16)13(17)15-10-12-2-1-9-18-12/h11-12H,1-10,14H2,(H,15,17). The first-order valence-corrected chi connectivity index (χ1v) is 7.11. The number of nitrogens with one attached hydrogen (secondary N) is 1. The maximum absolute atomic E-state index is 12.0. The molecule has 0 bridgehead atoms. The number of nitrogens with zero attached hydrogens (tertiary/aromatic N) is 1. The van der Waals surface area contributed by atoms with Crippen LogP contribution in [0, 0.1) is 5.92 Å². The molecule has 18 heavy (non-hydrogen) atoms. The molecule has 2 fully saturated rings. The summed E-state index contributed by atoms with van der Waals surface area (Å²) in [4.78, 5) is 14.3. The predicted octanol–water partition coefficient (Wildman–Crippen LogP) is -0.0477. The first-order valence-electron chi connectivity index (χ1n) is 7.11. The van der Waals surface area contributed by atoms with Crippen LogP contribution < -0.4 is 11.1 Å². The third kappa shape index (κ3) is 3.93. The van der Waals surface area contributed by atoms with Gasteiger partial charge in [0.15, 0.2) is 0 Å². The van der Waals surface area contributed by atoms with Gasteiger partial charge in [0, 0.05) is 32.2 Å². The Kier molecular flexibility index (Phi) is 5.41. The Bertz CT molecular complexity index is 259. The molecule has 0 aromatic rings. The summed E-state index contributed by atoms with van der Waals surface area (Å²) in [5.74, 6) is 0.387. The molecule has 3 N–H and O–H groups in total. The Morgan fingerprint density at radius 1 is 1.33 bits per heavy atom. The van der Waals surface area contributed by atoms with E-state index in [1.54, 1.807) is 0 Å². The van der Waals surface area contributed by atoms with E-state index in [-0.39, 0.29) is 17.9 Å². The molecule has 0 saturated carbocycles. The number of likely N-dealkylation sites (tertiary alicyclic amines) is 1. The molecule has 0 spiro atoms. The summed E-state index contributed by atoms with van der Waals surface area (Å²) in [5.41, 5.74) is 5.54. The van der Waals surface area contributed by atoms with E-state index >= 15 is 0 Å². The van der Waals surface area contributed by atoms with E-state index in [2.05, 4.69) is 10.2 Å². The quantitative estimate of drug-likeness (QED) is 0.723. The molecule has 2 saturated heterocycles. The summed E-state index contributed by atoms with van der Waals surface area (Å²) in [6.45, 7) is 5.17. The van der Waals surface area contributed by atoms with Crippen molar-refractivity contribution in [2.24, 2.45) is 11.7 Å². The normalized spacial score (nSPS) is 26.4. The van der Waals surface area contributed by atoms with Crippen LogP contribution in [0.15, 0.2) is 0 Å². The van der Waals surface area contributed by atoms with Gasteiger partial charge in [0.2, 0.25) is 5.91 Å². The molecular formula is C13H25N3O2. The largest absolute Gasteiger partial charge is 0.376 e. The van der Waals surface area contributed by atoms with Gasteiger partial charge in [0.05, 0.1) is 6.10 Å². The first-order chi connectivity index (χ1) is 8.79. The minimum atomic E-state index is 0.181. The second-order valence-electron chi connectivity index (χ2n) is 5.28. The van der Waals surface area contributed by atoms with Crippen molar-refractivity contribution in [2.45, 2.75) is 31.8 Å². The third-order valence-corrected chi connectivity index (χ3v) is 3.93. The zero-order valence-electron chi connectivity index (χ0n) is 11.1. The second-order valence-corrected chi connectivity index (χ2v) is 5.28. The molecule has 1 unspecified atom stereocenters. The van der Waals surface area contributed by atoms with E-state index < -0.39 is 0 Å². The van der Waals surface area contributed by atoms with Crippen LogP contribution in [0.5, 0.6) is 0 Å². The first kappa shape index (κ1) is 13.8. The van der Waals surface area contributed by atoms with Gasteiger partial charge in [0.1, 0.15) is 0 Å². The van der Waals surface area contributed by atoms with E-state index in [9.17, 15) is 4.79 Å². The second kappa shape index (κ2) is 7.07. The number of piperidine rings is 1. The summed E-state index contributed by atoms with van der Waals surface area (Å²) in [7, 11) is 0. The fourth-order valence-electron chi connectivity index (χ4n) is 2.77. The van der Waals surface area contributed by atoms with Crippen LogP contribution >= 0.6 is 0 Å². The highest BCUT2D eigenvalue weighted by molar-refractivity contribution is 5.78. The van der Waals surface area contributed by atoms with E-state index in [1.807, 2.05) is 0 Å². The molecule has 5 heteroatoms. The minimum Gasteiger partial charge on any atom is -0.376 e. The zero-order chi connectivity index (χ0) is 12.8. The monoisotopic (exact) mass is 255 g/mol. The number of nitrogens with two attached hydrogens (primary N) is 1. The van der Waals surface area contributed by atoms with Gasteiger partial charge in [-0.15, -0.1) is 0 Å². The number of ether oxygens (including phenoxy) is 1. The molecule has 0 aliphatic carbocycles. The van der Waals surface area contributed by atoms with Crippen molar-refractivity contribution in [3.8, 4) is 0 Å². The van der Waals surface area contributed by atoms with Crippen molar-refractivity contribution in [2.75, 3.05) is 39.3 Å². The summed E-state index contributed by atoms with van der Waals surface area (Å²) in [5, 5.41) is 3.03. The average Bonchev–Trinajstić information content (AvgIpc) is 2.90. The van der Waals surface area contributed by atoms with Gasteiger partial charge in [0.25, 0.3) is 0 Å². The smallest absolute Gasteiger partial charge is 0.223 e. The fourth-order valence-corrected chi connectivity index (χ4v) is 2.77. The van der Waals surface area contributed by atoms with E-state index in [1.165, 1.54) is 0 Å². The molecule has 1 atom stereocenters. The lowest BCUT2D eigenvalue weighted by molar-refractivity contribution is -0.126. The lowest BCUT2D eigenvalue weighted by Crippen LogP contribution is -2.43. The highest BCUT2D eigenvalue weighted by atomic mass is 16.5. The molecule has 0 aromatic heterocycles. The van der Waals surface area contributed by atoms with Gasteiger partial charge in [-0.05, 0) is 38.8 Å². The molecule has 2 rings (SSSR count). The summed E-state index contributed by atoms with van der Waals surface area (Å²) in [6, 6.07) is 0. The van der Waals surface area contributed by atoms with Crippen molar-refractivity contribution >= 4 is 5.91 Å². The highest BCUT2D eigenvalue weighted by Gasteiger charge is 2.25. The third-order valence-electron chi connectivity index (χ3n) is 3.93. The van der Waals surface area contributed by atoms with Crippen LogP contribution in [-0.4, -0.2) is 56.2 Å². The van der Waals surface area contributed by atoms with Crippen molar-refractivity contribution < 1.29 is 9.53 Å². The van der Waals surface area contributed by atoms with Gasteiger partial charge in [-0.25, -0.2) is 0 Å². The van der Waals surface area contributed by atoms with Gasteiger partial charge in [-0.3, -0.25) is 4.79 Å². The van der Waals surface area contributed by atoms with Crippen LogP contribution in [0.2, 0.25) is 0 Å². The van der Waals surface area contributed by atoms with Gasteiger partial charge in [-0.2, -0.15) is 0 Å². The molecule has 5 nitrogen and oxygen atoms in total. The van der Waals surface area contributed by atoms with Crippen molar-refractivity contribution in [1.82, 2.24) is 10.2 Å². The molecule has 0 radical (unpaired) electrons. The van der Waals surface area contributed by atoms with Crippen LogP contribution in [0.3, 0.4) is 0 Å². The number of amides is 1. The molecule has 0 aromatic carbocycles. The summed E-state index contributed by atoms with van der Waals surface area (Å²) in [6.07, 6.45) is 4.35. The fraction of sp³-hybridized carbons (Fsp3) is 0.923. The Hall–Kier alpha value is -0.650. The number of rotatable bonds is 5. The predicted molar refractivity (Wildman–Crippen MR) is 70.2 cm³/mol. The Morgan fingerprint density at radius 3 is 2.72 bits per heavy atom. The van der Waals surface area contributed by atoms with Crippen molar-refractivity contribution in [3.05, 3.63) is 0 Å². The Balaban J connectivity index is 1.64. The molecule has 1 amide bonds. The van der Waals surface area contributed by atoms with Gasteiger partial charge < -0.3 is 20.7 Å². The van der Waals surface area contributed by atoms with Crippen molar-refractivity contribution in [1.29, 1.82) is 0 Å². The number of carbonyl (C=O) groups excluding carboxylic acids is 1. The molecule has 2 heterocycles. The molecule has 2 aliphatic heterocycles. The Labute approximate surface area is 109 Å². The topological polar surface area (TPSA) is 67.6 Å². The molecular weight excluding hydrogens is 230 g/mol. The Morgan fingerprint density at radius 2 is 2.11 bits per heavy atom. The maximum atomic E-state index is 12.0. The maximum Gasteiger partial charge on any atom is 0.223 e. The SMILES string of the molecule is NCCN1CCC(C(=O)NCC2CCCO2)CC1. The van der Waals surface area contributed by atoms with E-state index in [0.29, 0.717) is 13.1 Å².